The lowest BCUT2D eigenvalue weighted by Gasteiger charge is -2.40. The fraction of sp³-hybridized carbons (Fsp3) is 0.750. The Morgan fingerprint density at radius 1 is 1.16 bits per heavy atom. The minimum absolute atomic E-state index is 0.123. The van der Waals surface area contributed by atoms with E-state index in [1.54, 1.807) is 20.8 Å². The van der Waals surface area contributed by atoms with Crippen LogP contribution < -0.4 is 15.4 Å². The van der Waals surface area contributed by atoms with Gasteiger partial charge >= 0.3 is 12.3 Å². The molecule has 1 aromatic rings. The number of anilines is 2. The number of fused-ring (bicyclic) bond motifs is 1. The Bertz CT molecular complexity index is 1090. The van der Waals surface area contributed by atoms with Gasteiger partial charge in [0.1, 0.15) is 17.5 Å². The van der Waals surface area contributed by atoms with E-state index in [4.69, 9.17) is 9.47 Å². The Morgan fingerprint density at radius 2 is 1.89 bits per heavy atom. The molecule has 0 aliphatic carbocycles. The normalized spacial score (nSPS) is 24.7. The number of rotatable bonds is 4. The Kier molecular flexibility index (Phi) is 7.46. The first-order valence-electron chi connectivity index (χ1n) is 12.6. The Labute approximate surface area is 213 Å². The number of likely N-dealkylation sites (tertiary alicyclic amines) is 1. The maximum atomic E-state index is 14.1. The number of nitrogens with zero attached hydrogens (tertiary/aromatic N) is 5. The van der Waals surface area contributed by atoms with Crippen molar-refractivity contribution in [3.05, 3.63) is 16.4 Å². The summed E-state index contributed by atoms with van der Waals surface area (Å²) < 4.78 is 54.4. The lowest BCUT2D eigenvalue weighted by molar-refractivity contribution is -0.153. The van der Waals surface area contributed by atoms with Gasteiger partial charge in [0, 0.05) is 25.7 Å². The number of amides is 1. The third-order valence-electron chi connectivity index (χ3n) is 6.85. The van der Waals surface area contributed by atoms with E-state index >= 15 is 0 Å². The quantitative estimate of drug-likeness (QED) is 0.587. The lowest BCUT2D eigenvalue weighted by Crippen LogP contribution is -2.56. The summed E-state index contributed by atoms with van der Waals surface area (Å²) in [6, 6.07) is -1.70. The van der Waals surface area contributed by atoms with Crippen LogP contribution in [0.4, 0.5) is 29.7 Å². The summed E-state index contributed by atoms with van der Waals surface area (Å²) in [4.78, 5) is 47.5. The Hall–Kier alpha value is -2.83. The molecule has 0 spiro atoms. The van der Waals surface area contributed by atoms with Crippen LogP contribution in [-0.2, 0) is 20.8 Å². The van der Waals surface area contributed by atoms with E-state index in [9.17, 15) is 27.6 Å². The summed E-state index contributed by atoms with van der Waals surface area (Å²) in [5.74, 6) is -0.487. The van der Waals surface area contributed by atoms with E-state index in [-0.39, 0.29) is 37.3 Å². The molecule has 0 radical (unpaired) electrons. The molecule has 4 heterocycles. The van der Waals surface area contributed by atoms with Crippen molar-refractivity contribution in [1.82, 2.24) is 14.5 Å². The van der Waals surface area contributed by atoms with Gasteiger partial charge in [0.15, 0.2) is 5.78 Å². The molecular weight excluding hydrogens is 495 g/mol. The van der Waals surface area contributed by atoms with Gasteiger partial charge in [-0.2, -0.15) is 18.2 Å². The molecule has 206 valence electrons. The molecule has 3 aliphatic rings. The maximum Gasteiger partial charge on any atom is 0.410 e. The first-order chi connectivity index (χ1) is 17.3. The number of carbonyl (C=O) groups excluding carboxylic acids is 2. The summed E-state index contributed by atoms with van der Waals surface area (Å²) in [5, 5.41) is 0. The number of aromatic nitrogens is 2. The zero-order valence-electron chi connectivity index (χ0n) is 21.6. The first-order valence-corrected chi connectivity index (χ1v) is 12.6. The summed E-state index contributed by atoms with van der Waals surface area (Å²) in [7, 11) is 0. The molecule has 3 unspecified atom stereocenters. The number of alkyl halides is 3. The highest BCUT2D eigenvalue weighted by molar-refractivity contribution is 5.91. The molecule has 0 saturated carbocycles. The van der Waals surface area contributed by atoms with Crippen molar-refractivity contribution >= 4 is 23.6 Å². The largest absolute Gasteiger partial charge is 0.444 e. The second-order valence-electron chi connectivity index (χ2n) is 10.8. The first kappa shape index (κ1) is 27.2. The molecule has 2 fully saturated rings. The van der Waals surface area contributed by atoms with Crippen molar-refractivity contribution in [3.8, 4) is 0 Å². The average Bonchev–Trinajstić information content (AvgIpc) is 3.28. The van der Waals surface area contributed by atoms with Gasteiger partial charge in [0.05, 0.1) is 31.8 Å². The SMILES string of the molecule is CC1COCCN1c1cc(=O)n2c(n1)N(CC(=O)C1CCCN1C(=O)OC(C)(C)C)C(C(F)(F)F)CC2. The highest BCUT2D eigenvalue weighted by Crippen LogP contribution is 2.35. The van der Waals surface area contributed by atoms with Crippen LogP contribution >= 0.6 is 0 Å². The lowest BCUT2D eigenvalue weighted by atomic mass is 10.1. The zero-order chi connectivity index (χ0) is 27.1. The monoisotopic (exact) mass is 529 g/mol. The Morgan fingerprint density at radius 3 is 2.54 bits per heavy atom. The van der Waals surface area contributed by atoms with E-state index in [0.717, 1.165) is 4.90 Å². The van der Waals surface area contributed by atoms with Gasteiger partial charge in [-0.1, -0.05) is 0 Å². The second kappa shape index (κ2) is 10.1. The molecule has 3 atom stereocenters. The average molecular weight is 530 g/mol. The van der Waals surface area contributed by atoms with E-state index in [2.05, 4.69) is 4.98 Å². The number of hydrogen-bond donors (Lipinski definition) is 0. The highest BCUT2D eigenvalue weighted by Gasteiger charge is 2.48. The van der Waals surface area contributed by atoms with Gasteiger partial charge in [-0.05, 0) is 47.0 Å². The van der Waals surface area contributed by atoms with Crippen LogP contribution in [0.2, 0.25) is 0 Å². The van der Waals surface area contributed by atoms with E-state index < -0.39 is 47.8 Å². The molecule has 0 aromatic carbocycles. The van der Waals surface area contributed by atoms with Crippen molar-refractivity contribution in [2.24, 2.45) is 0 Å². The van der Waals surface area contributed by atoms with E-state index in [1.807, 2.05) is 11.8 Å². The molecule has 1 aromatic heterocycles. The summed E-state index contributed by atoms with van der Waals surface area (Å²) in [6.07, 6.45) is -4.85. The summed E-state index contributed by atoms with van der Waals surface area (Å²) in [6.45, 7) is 7.70. The van der Waals surface area contributed by atoms with Crippen LogP contribution in [0.3, 0.4) is 0 Å². The van der Waals surface area contributed by atoms with Gasteiger partial charge in [-0.15, -0.1) is 0 Å². The Balaban J connectivity index is 1.66. The molecule has 13 heteroatoms. The molecular formula is C24H34F3N5O5. The van der Waals surface area contributed by atoms with Crippen molar-refractivity contribution < 1.29 is 32.2 Å². The van der Waals surface area contributed by atoms with Gasteiger partial charge in [0.2, 0.25) is 5.95 Å². The third kappa shape index (κ3) is 5.86. The van der Waals surface area contributed by atoms with Gasteiger partial charge < -0.3 is 19.3 Å². The van der Waals surface area contributed by atoms with Crippen molar-refractivity contribution in [2.75, 3.05) is 42.6 Å². The van der Waals surface area contributed by atoms with Crippen molar-refractivity contribution in [1.29, 1.82) is 0 Å². The topological polar surface area (TPSA) is 97.2 Å². The van der Waals surface area contributed by atoms with E-state index in [1.165, 1.54) is 15.5 Å². The van der Waals surface area contributed by atoms with Crippen LogP contribution in [0, 0.1) is 0 Å². The molecule has 3 aliphatic heterocycles. The standard InChI is InChI=1S/C24H34F3N5O5/c1-15-14-36-11-10-29(15)19-12-20(34)31-9-7-18(24(25,26)27)32(21(31)28-19)13-17(33)16-6-5-8-30(16)22(35)37-23(2,3)4/h12,15-16,18H,5-11,13-14H2,1-4H3. The number of ether oxygens (including phenoxy) is 2. The van der Waals surface area contributed by atoms with Crippen LogP contribution in [0.5, 0.6) is 0 Å². The van der Waals surface area contributed by atoms with Gasteiger partial charge in [-0.3, -0.25) is 19.1 Å². The smallest absolute Gasteiger partial charge is 0.410 e. The van der Waals surface area contributed by atoms with Crippen LogP contribution in [0.15, 0.2) is 10.9 Å². The minimum atomic E-state index is -4.65. The number of carbonyl (C=O) groups is 2. The van der Waals surface area contributed by atoms with Gasteiger partial charge in [-0.25, -0.2) is 4.79 Å². The molecule has 4 rings (SSSR count). The van der Waals surface area contributed by atoms with Crippen molar-refractivity contribution in [3.63, 3.8) is 0 Å². The number of ketones is 1. The zero-order valence-corrected chi connectivity index (χ0v) is 21.6. The number of halogens is 3. The molecule has 37 heavy (non-hydrogen) atoms. The van der Waals surface area contributed by atoms with Crippen LogP contribution in [0.25, 0.3) is 0 Å². The van der Waals surface area contributed by atoms with Crippen molar-refractivity contribution in [2.45, 2.75) is 83.4 Å². The number of morpholine rings is 1. The molecule has 2 saturated heterocycles. The second-order valence-corrected chi connectivity index (χ2v) is 10.8. The predicted molar refractivity (Wildman–Crippen MR) is 129 cm³/mol. The number of Topliss-reactive ketones (excluding diaryl/α,β-unsaturated/α-hetero) is 1. The van der Waals surface area contributed by atoms with Crippen LogP contribution in [0.1, 0.15) is 47.0 Å². The maximum absolute atomic E-state index is 14.1. The fourth-order valence-electron chi connectivity index (χ4n) is 5.11. The van der Waals surface area contributed by atoms with Crippen LogP contribution in [-0.4, -0.2) is 89.1 Å². The predicted octanol–water partition coefficient (Wildman–Crippen LogP) is 2.58. The number of hydrogen-bond acceptors (Lipinski definition) is 8. The third-order valence-corrected chi connectivity index (χ3v) is 6.85. The minimum Gasteiger partial charge on any atom is -0.444 e. The van der Waals surface area contributed by atoms with Gasteiger partial charge in [0.25, 0.3) is 5.56 Å². The fourth-order valence-corrected chi connectivity index (χ4v) is 5.11. The molecule has 0 N–H and O–H groups in total. The molecule has 0 bridgehead atoms. The summed E-state index contributed by atoms with van der Waals surface area (Å²) in [5.41, 5.74) is -1.26. The molecule has 10 nitrogen and oxygen atoms in total. The van der Waals surface area contributed by atoms with E-state index in [0.29, 0.717) is 32.6 Å². The summed E-state index contributed by atoms with van der Waals surface area (Å²) >= 11 is 0. The highest BCUT2D eigenvalue weighted by atomic mass is 19.4. The molecule has 1 amide bonds.